The first-order chi connectivity index (χ1) is 36.5. The van der Waals surface area contributed by atoms with Crippen LogP contribution in [0.5, 0.6) is 0 Å². The van der Waals surface area contributed by atoms with E-state index in [0.717, 1.165) is 77.0 Å². The van der Waals surface area contributed by atoms with Crippen LogP contribution in [0.4, 0.5) is 0 Å². The molecule has 0 aromatic heterocycles. The molecule has 0 amide bonds. The highest BCUT2D eigenvalue weighted by Crippen LogP contribution is 2.18. The van der Waals surface area contributed by atoms with E-state index in [1.54, 1.807) is 0 Å². The van der Waals surface area contributed by atoms with Crippen molar-refractivity contribution in [1.29, 1.82) is 0 Å². The molecule has 0 heterocycles. The van der Waals surface area contributed by atoms with Gasteiger partial charge >= 0.3 is 17.9 Å². The predicted octanol–water partition coefficient (Wildman–Crippen LogP) is 22.4. The maximum absolute atomic E-state index is 12.9. The molecule has 0 aliphatic heterocycles. The fourth-order valence-corrected chi connectivity index (χ4v) is 9.88. The van der Waals surface area contributed by atoms with Gasteiger partial charge in [0.05, 0.1) is 0 Å². The Kier molecular flexibility index (Phi) is 61.1. The van der Waals surface area contributed by atoms with Gasteiger partial charge in [0.2, 0.25) is 0 Å². The highest BCUT2D eigenvalue weighted by atomic mass is 16.6. The highest BCUT2D eigenvalue weighted by molar-refractivity contribution is 5.71. The maximum Gasteiger partial charge on any atom is 0.306 e. The third-order valence-corrected chi connectivity index (χ3v) is 14.9. The lowest BCUT2D eigenvalue weighted by atomic mass is 10.0. The van der Waals surface area contributed by atoms with Gasteiger partial charge in [-0.05, 0) is 77.0 Å². The lowest BCUT2D eigenvalue weighted by Gasteiger charge is -2.18. The summed E-state index contributed by atoms with van der Waals surface area (Å²) in [5, 5.41) is 0. The van der Waals surface area contributed by atoms with Crippen molar-refractivity contribution >= 4 is 17.9 Å². The molecule has 1 unspecified atom stereocenters. The topological polar surface area (TPSA) is 78.9 Å². The van der Waals surface area contributed by atoms with E-state index >= 15 is 0 Å². The summed E-state index contributed by atoms with van der Waals surface area (Å²) >= 11 is 0. The van der Waals surface area contributed by atoms with E-state index in [1.807, 2.05) is 0 Å². The zero-order valence-electron chi connectivity index (χ0n) is 49.9. The molecule has 0 saturated carbocycles. The van der Waals surface area contributed by atoms with Gasteiger partial charge in [0.1, 0.15) is 13.2 Å². The van der Waals surface area contributed by atoms with Crippen molar-refractivity contribution in [2.24, 2.45) is 0 Å². The van der Waals surface area contributed by atoms with Gasteiger partial charge < -0.3 is 14.2 Å². The van der Waals surface area contributed by atoms with Crippen molar-refractivity contribution < 1.29 is 28.6 Å². The zero-order valence-corrected chi connectivity index (χ0v) is 49.9. The molecule has 74 heavy (non-hydrogen) atoms. The molecule has 6 nitrogen and oxygen atoms in total. The first-order valence-electron chi connectivity index (χ1n) is 33.0. The van der Waals surface area contributed by atoms with Crippen molar-refractivity contribution in [3.05, 3.63) is 36.5 Å². The fourth-order valence-electron chi connectivity index (χ4n) is 9.88. The summed E-state index contributed by atoms with van der Waals surface area (Å²) in [6.07, 6.45) is 77.2. The summed E-state index contributed by atoms with van der Waals surface area (Å²) in [4.78, 5) is 38.4. The van der Waals surface area contributed by atoms with E-state index in [2.05, 4.69) is 57.2 Å². The van der Waals surface area contributed by atoms with Crippen LogP contribution < -0.4 is 0 Å². The molecular formula is C68H126O6. The fraction of sp³-hybridized carbons (Fsp3) is 0.868. The molecule has 1 atom stereocenters. The number of allylic oxidation sites excluding steroid dienone is 6. The summed E-state index contributed by atoms with van der Waals surface area (Å²) in [6.45, 7) is 6.67. The number of unbranched alkanes of at least 4 members (excludes halogenated alkanes) is 44. The molecule has 0 fully saturated rings. The molecule has 0 aliphatic carbocycles. The molecule has 434 valence electrons. The van der Waals surface area contributed by atoms with Gasteiger partial charge in [-0.15, -0.1) is 0 Å². The number of carbonyl (C=O) groups is 3. The molecule has 0 aliphatic rings. The molecule has 6 heteroatoms. The summed E-state index contributed by atoms with van der Waals surface area (Å²) in [5.41, 5.74) is 0. The van der Waals surface area contributed by atoms with Crippen LogP contribution in [-0.4, -0.2) is 37.2 Å². The van der Waals surface area contributed by atoms with Gasteiger partial charge in [0.25, 0.3) is 0 Å². The second kappa shape index (κ2) is 63.2. The van der Waals surface area contributed by atoms with Crippen LogP contribution in [0.25, 0.3) is 0 Å². The minimum atomic E-state index is -0.778. The average Bonchev–Trinajstić information content (AvgIpc) is 3.40. The summed E-state index contributed by atoms with van der Waals surface area (Å²) in [5.74, 6) is -0.864. The standard InChI is InChI=1S/C68H126O6/c1-4-7-10-13-16-19-22-25-28-31-33-34-36-37-40-43-46-49-52-55-58-61-67(70)73-64-65(63-72-66(69)60-57-54-51-48-45-42-39-30-27-24-21-18-15-12-9-6-3)74-68(71)62-59-56-53-50-47-44-41-38-35-32-29-26-23-20-17-14-11-8-5-2/h21,24,26,29-30,39,65H,4-20,22-23,25,27-28,31-38,40-64H2,1-3H3/b24-21-,29-26-,39-30-. The monoisotopic (exact) mass is 1040 g/mol. The van der Waals surface area contributed by atoms with Crippen LogP contribution in [0.3, 0.4) is 0 Å². The lowest BCUT2D eigenvalue weighted by Crippen LogP contribution is -2.30. The Morgan fingerprint density at radius 1 is 0.270 bits per heavy atom. The Morgan fingerprint density at radius 2 is 0.486 bits per heavy atom. The predicted molar refractivity (Wildman–Crippen MR) is 321 cm³/mol. The third kappa shape index (κ3) is 60.5. The minimum absolute atomic E-state index is 0.0730. The van der Waals surface area contributed by atoms with Crippen molar-refractivity contribution in [2.45, 2.75) is 367 Å². The third-order valence-electron chi connectivity index (χ3n) is 14.9. The molecule has 0 spiro atoms. The number of esters is 3. The molecular weight excluding hydrogens is 913 g/mol. The van der Waals surface area contributed by atoms with E-state index in [1.165, 1.54) is 244 Å². The number of carbonyl (C=O) groups excluding carboxylic acids is 3. The number of hydrogen-bond donors (Lipinski definition) is 0. The first-order valence-corrected chi connectivity index (χ1v) is 33.0. The largest absolute Gasteiger partial charge is 0.462 e. The van der Waals surface area contributed by atoms with Crippen LogP contribution in [0.1, 0.15) is 361 Å². The van der Waals surface area contributed by atoms with E-state index in [9.17, 15) is 14.4 Å². The van der Waals surface area contributed by atoms with Gasteiger partial charge in [-0.25, -0.2) is 0 Å². The van der Waals surface area contributed by atoms with Crippen molar-refractivity contribution in [1.82, 2.24) is 0 Å². The normalized spacial score (nSPS) is 12.2. The van der Waals surface area contributed by atoms with Crippen molar-refractivity contribution in [2.75, 3.05) is 13.2 Å². The van der Waals surface area contributed by atoms with E-state index in [0.29, 0.717) is 19.3 Å². The quantitative estimate of drug-likeness (QED) is 0.0261. The van der Waals surface area contributed by atoms with Crippen molar-refractivity contribution in [3.8, 4) is 0 Å². The zero-order chi connectivity index (χ0) is 53.6. The second-order valence-electron chi connectivity index (χ2n) is 22.4. The molecule has 0 N–H and O–H groups in total. The van der Waals surface area contributed by atoms with Gasteiger partial charge in [0.15, 0.2) is 6.10 Å². The van der Waals surface area contributed by atoms with Gasteiger partial charge in [-0.3, -0.25) is 14.4 Å². The Labute approximate surface area is 461 Å². The average molecular weight is 1040 g/mol. The Morgan fingerprint density at radius 3 is 0.770 bits per heavy atom. The number of ether oxygens (including phenoxy) is 3. The smallest absolute Gasteiger partial charge is 0.306 e. The van der Waals surface area contributed by atoms with Crippen LogP contribution >= 0.6 is 0 Å². The number of hydrogen-bond acceptors (Lipinski definition) is 6. The minimum Gasteiger partial charge on any atom is -0.462 e. The Hall–Kier alpha value is -2.37. The van der Waals surface area contributed by atoms with E-state index in [-0.39, 0.29) is 31.1 Å². The lowest BCUT2D eigenvalue weighted by molar-refractivity contribution is -0.167. The van der Waals surface area contributed by atoms with Gasteiger partial charge in [-0.2, -0.15) is 0 Å². The first kappa shape index (κ1) is 71.6. The van der Waals surface area contributed by atoms with E-state index < -0.39 is 6.10 Å². The summed E-state index contributed by atoms with van der Waals surface area (Å²) in [7, 11) is 0. The van der Waals surface area contributed by atoms with Crippen LogP contribution in [0.2, 0.25) is 0 Å². The SMILES string of the molecule is CCCCCC/C=C\C/C=C\CCCCCCCC(=O)OCC(COC(=O)CCCCCCCCCCCCCCCCCCCCCCC)OC(=O)CCCCCCCCCCC/C=C\CCCCCCCC. The van der Waals surface area contributed by atoms with Crippen molar-refractivity contribution in [3.63, 3.8) is 0 Å². The maximum atomic E-state index is 12.9. The Bertz CT molecular complexity index is 1240. The van der Waals surface area contributed by atoms with Gasteiger partial charge in [0, 0.05) is 19.3 Å². The second-order valence-corrected chi connectivity index (χ2v) is 22.4. The molecule has 0 saturated heterocycles. The Balaban J connectivity index is 4.32. The summed E-state index contributed by atoms with van der Waals surface area (Å²) in [6, 6.07) is 0. The molecule has 0 bridgehead atoms. The van der Waals surface area contributed by atoms with Crippen LogP contribution in [-0.2, 0) is 28.6 Å². The summed E-state index contributed by atoms with van der Waals surface area (Å²) < 4.78 is 17.0. The van der Waals surface area contributed by atoms with E-state index in [4.69, 9.17) is 14.2 Å². The molecule has 0 aromatic carbocycles. The molecule has 0 radical (unpaired) electrons. The van der Waals surface area contributed by atoms with Gasteiger partial charge in [-0.1, -0.05) is 301 Å². The van der Waals surface area contributed by atoms with Crippen LogP contribution in [0, 0.1) is 0 Å². The highest BCUT2D eigenvalue weighted by Gasteiger charge is 2.19. The molecule has 0 aromatic rings. The van der Waals surface area contributed by atoms with Crippen LogP contribution in [0.15, 0.2) is 36.5 Å². The molecule has 0 rings (SSSR count). The number of rotatable bonds is 61.